The van der Waals surface area contributed by atoms with Gasteiger partial charge in [0.1, 0.15) is 0 Å². The van der Waals surface area contributed by atoms with E-state index in [-0.39, 0.29) is 0 Å². The molecule has 50 valence electrons. The molecule has 0 amide bonds. The van der Waals surface area contributed by atoms with Gasteiger partial charge >= 0.3 is 75.2 Å². The van der Waals surface area contributed by atoms with Gasteiger partial charge in [0.05, 0.1) is 0 Å². The monoisotopic (exact) mass is 160 g/mol. The Morgan fingerprint density at radius 1 is 1.44 bits per heavy atom. The molecule has 6 heteroatoms. The van der Waals surface area contributed by atoms with Gasteiger partial charge in [-0.15, -0.1) is 0 Å². The fourth-order valence-corrected chi connectivity index (χ4v) is 0.842. The first-order valence-electron chi connectivity index (χ1n) is 2.68. The molecule has 0 aliphatic rings. The smallest absolute Gasteiger partial charge is 0.402 e. The molecule has 0 bridgehead atoms. The molecule has 0 heterocycles. The molecule has 0 radical (unpaired) electrons. The third-order valence-electron chi connectivity index (χ3n) is 0.408. The van der Waals surface area contributed by atoms with Crippen LogP contribution in [-0.2, 0) is 4.74 Å². The van der Waals surface area contributed by atoms with Gasteiger partial charge in [-0.05, 0) is 0 Å². The van der Waals surface area contributed by atoms with Crippen LogP contribution in [0.3, 0.4) is 0 Å². The van der Waals surface area contributed by atoms with Gasteiger partial charge < -0.3 is 15.1 Å². The van der Waals surface area contributed by atoms with Crippen LogP contribution >= 0.6 is 0 Å². The molecule has 3 N–H and O–H groups in total. The second kappa shape index (κ2) is 12.2. The first kappa shape index (κ1) is 13.2. The van der Waals surface area contributed by atoms with E-state index in [2.05, 4.69) is 0 Å². The Bertz CT molecular complexity index is 40.0. The standard InChI is InChI=1S/C3H7O.BH3O3.K/c1-3-4-2;2-1(3)4;/h1,3H2,2H3;2-4H;. The van der Waals surface area contributed by atoms with Gasteiger partial charge in [0.25, 0.3) is 0 Å². The zero-order valence-electron chi connectivity index (χ0n) is 5.74. The maximum Gasteiger partial charge on any atom is 0.631 e. The molecule has 0 rings (SSSR count). The summed E-state index contributed by atoms with van der Waals surface area (Å²) < 4.78 is 6.05. The summed E-state index contributed by atoms with van der Waals surface area (Å²) in [7, 11) is -0.425. The first-order valence-corrected chi connectivity index (χ1v) is 4.89. The number of hydrogen-bond acceptors (Lipinski definition) is 4. The fraction of sp³-hybridized carbons (Fsp3) is 1.00. The van der Waals surface area contributed by atoms with Crippen molar-refractivity contribution in [2.24, 2.45) is 0 Å². The van der Waals surface area contributed by atoms with E-state index >= 15 is 0 Å². The molecule has 0 unspecified atom stereocenters. The molecule has 0 aromatic carbocycles. The van der Waals surface area contributed by atoms with Crippen molar-refractivity contribution in [2.45, 2.75) is 0.515 Å². The molecule has 9 heavy (non-hydrogen) atoms. The number of rotatable bonds is 2. The van der Waals surface area contributed by atoms with Gasteiger partial charge in [-0.2, -0.15) is 0 Å². The second-order valence-electron chi connectivity index (χ2n) is 1.34. The Labute approximate surface area is 89.0 Å². The SMILES string of the molecule is COC[CH2][K].OB(O)O. The summed E-state index contributed by atoms with van der Waals surface area (Å²) in [6, 6.07) is 0. The van der Waals surface area contributed by atoms with Crippen LogP contribution in [0.5, 0.6) is 0 Å². The summed E-state index contributed by atoms with van der Waals surface area (Å²) in [5, 5.41) is 21.5. The van der Waals surface area contributed by atoms with Crippen LogP contribution in [-0.4, -0.2) is 85.1 Å². The van der Waals surface area contributed by atoms with Gasteiger partial charge in [-0.3, -0.25) is 0 Å². The van der Waals surface area contributed by atoms with Gasteiger partial charge in [0, 0.05) is 0 Å². The van der Waals surface area contributed by atoms with Crippen LogP contribution < -0.4 is 0 Å². The Balaban J connectivity index is 0. The minimum atomic E-state index is -2.17. The van der Waals surface area contributed by atoms with Crippen LogP contribution in [0.2, 0.25) is 0.515 Å². The summed E-state index contributed by atoms with van der Waals surface area (Å²) in [4.78, 5) is 0. The zero-order valence-corrected chi connectivity index (χ0v) is 8.86. The average Bonchev–Trinajstić information content (AvgIpc) is 1.66. The molecule has 0 atom stereocenters. The Morgan fingerprint density at radius 3 is 1.78 bits per heavy atom. The van der Waals surface area contributed by atoms with Crippen molar-refractivity contribution in [3.05, 3.63) is 0 Å². The Kier molecular flexibility index (Phi) is 17.9. The maximum atomic E-state index is 7.17. The molecular weight excluding hydrogens is 150 g/mol. The first-order chi connectivity index (χ1) is 4.15. The van der Waals surface area contributed by atoms with Gasteiger partial charge in [0.2, 0.25) is 0 Å². The third kappa shape index (κ3) is 43.3. The molecule has 0 aliphatic carbocycles. The van der Waals surface area contributed by atoms with E-state index < -0.39 is 7.32 Å². The van der Waals surface area contributed by atoms with Crippen LogP contribution in [0.1, 0.15) is 0 Å². The molecule has 0 spiro atoms. The summed E-state index contributed by atoms with van der Waals surface area (Å²) in [6.45, 7) is 0.972. The molecule has 0 aromatic heterocycles. The van der Waals surface area contributed by atoms with Gasteiger partial charge in [-0.25, -0.2) is 0 Å². The van der Waals surface area contributed by atoms with E-state index in [0.717, 1.165) is 55.6 Å². The molecule has 4 nitrogen and oxygen atoms in total. The molecule has 0 saturated heterocycles. The predicted octanol–water partition coefficient (Wildman–Crippen LogP) is -1.83. The van der Waals surface area contributed by atoms with Crippen molar-refractivity contribution < 1.29 is 19.8 Å². The van der Waals surface area contributed by atoms with Crippen molar-refractivity contribution >= 4 is 56.3 Å². The summed E-state index contributed by atoms with van der Waals surface area (Å²) >= 11 is 0.989. The Hall–Kier alpha value is 1.54. The van der Waals surface area contributed by atoms with Crippen LogP contribution in [0.4, 0.5) is 0 Å². The van der Waals surface area contributed by atoms with Crippen molar-refractivity contribution in [1.82, 2.24) is 0 Å². The van der Waals surface area contributed by atoms with Crippen molar-refractivity contribution in [1.29, 1.82) is 0 Å². The molecule has 0 aromatic rings. The van der Waals surface area contributed by atoms with Crippen molar-refractivity contribution in [2.75, 3.05) is 13.7 Å². The maximum absolute atomic E-state index is 7.17. The molecular formula is C3H10BKO4. The normalized spacial score (nSPS) is 7.78. The molecule has 0 saturated carbocycles. The minimum absolute atomic E-state index is 0.972. The van der Waals surface area contributed by atoms with E-state index in [1.54, 1.807) is 7.11 Å². The predicted molar refractivity (Wildman–Crippen MR) is 34.8 cm³/mol. The van der Waals surface area contributed by atoms with E-state index in [1.807, 2.05) is 0 Å². The quantitative estimate of drug-likeness (QED) is 0.415. The summed E-state index contributed by atoms with van der Waals surface area (Å²) in [5.74, 6) is 0. The van der Waals surface area contributed by atoms with E-state index in [4.69, 9.17) is 19.8 Å². The Morgan fingerprint density at radius 2 is 1.78 bits per heavy atom. The van der Waals surface area contributed by atoms with Crippen molar-refractivity contribution in [3.8, 4) is 0 Å². The summed E-state index contributed by atoms with van der Waals surface area (Å²) in [5.41, 5.74) is 0. The third-order valence-corrected chi connectivity index (χ3v) is 1.05. The number of ether oxygens (including phenoxy) is 1. The molecule has 0 fully saturated rings. The largest absolute Gasteiger partial charge is 0.631 e. The van der Waals surface area contributed by atoms with Gasteiger partial charge in [-0.1, -0.05) is 0 Å². The van der Waals surface area contributed by atoms with E-state index in [0.29, 0.717) is 0 Å². The topological polar surface area (TPSA) is 69.9 Å². The van der Waals surface area contributed by atoms with E-state index in [9.17, 15) is 0 Å². The fourth-order valence-electron chi connectivity index (χ4n) is 0.204. The van der Waals surface area contributed by atoms with Crippen LogP contribution in [0, 0.1) is 0 Å². The molecule has 0 aliphatic heterocycles. The number of methoxy groups -OCH3 is 1. The summed E-state index contributed by atoms with van der Waals surface area (Å²) in [6.07, 6.45) is 0. The zero-order chi connectivity index (χ0) is 7.70. The average molecular weight is 160 g/mol. The van der Waals surface area contributed by atoms with Crippen molar-refractivity contribution in [3.63, 3.8) is 0 Å². The number of hydrogen-bond donors (Lipinski definition) is 3. The minimum Gasteiger partial charge on any atom is -0.402 e. The van der Waals surface area contributed by atoms with Crippen LogP contribution in [0.25, 0.3) is 0 Å². The second-order valence-corrected chi connectivity index (χ2v) is 2.90. The van der Waals surface area contributed by atoms with Gasteiger partial charge in [0.15, 0.2) is 0 Å². The van der Waals surface area contributed by atoms with Crippen LogP contribution in [0.15, 0.2) is 0 Å². The van der Waals surface area contributed by atoms with E-state index in [1.165, 1.54) is 0.515 Å².